The first-order valence-electron chi connectivity index (χ1n) is 4.80. The molecule has 1 aromatic carbocycles. The van der Waals surface area contributed by atoms with Crippen LogP contribution in [0.5, 0.6) is 0 Å². The molecule has 0 bridgehead atoms. The summed E-state index contributed by atoms with van der Waals surface area (Å²) in [7, 11) is -0.876. The fraction of sp³-hybridized carbons (Fsp3) is 0.364. The fourth-order valence-electron chi connectivity index (χ4n) is 1.13. The van der Waals surface area contributed by atoms with Gasteiger partial charge in [-0.3, -0.25) is 4.21 Å². The molecule has 86 valence electrons. The summed E-state index contributed by atoms with van der Waals surface area (Å²) in [6.45, 7) is 2.44. The summed E-state index contributed by atoms with van der Waals surface area (Å²) in [6, 6.07) is 7.12. The van der Waals surface area contributed by atoms with E-state index < -0.39 is 10.8 Å². The van der Waals surface area contributed by atoms with Crippen molar-refractivity contribution in [3.05, 3.63) is 28.8 Å². The number of nitrogens with zero attached hydrogens (tertiary/aromatic N) is 1. The molecule has 0 saturated carbocycles. The molecule has 1 N–H and O–H groups in total. The van der Waals surface area contributed by atoms with Crippen molar-refractivity contribution in [1.82, 2.24) is 0 Å². The summed E-state index contributed by atoms with van der Waals surface area (Å²) in [5.74, 6) is 0. The van der Waals surface area contributed by atoms with Crippen molar-refractivity contribution in [2.75, 3.05) is 18.1 Å². The minimum Gasteiger partial charge on any atom is -0.383 e. The van der Waals surface area contributed by atoms with E-state index in [-0.39, 0.29) is 5.25 Å². The first kappa shape index (κ1) is 13.0. The van der Waals surface area contributed by atoms with E-state index >= 15 is 0 Å². The van der Waals surface area contributed by atoms with E-state index in [0.29, 0.717) is 22.8 Å². The Morgan fingerprint density at radius 3 is 2.88 bits per heavy atom. The van der Waals surface area contributed by atoms with Gasteiger partial charge in [0.15, 0.2) is 0 Å². The smallest absolute Gasteiger partial charge is 0.101 e. The Morgan fingerprint density at radius 1 is 1.62 bits per heavy atom. The lowest BCUT2D eigenvalue weighted by Crippen LogP contribution is -2.21. The van der Waals surface area contributed by atoms with Gasteiger partial charge in [-0.05, 0) is 25.1 Å². The minimum atomic E-state index is -0.876. The second-order valence-corrected chi connectivity index (χ2v) is 5.73. The maximum absolute atomic E-state index is 11.2. The zero-order valence-electron chi connectivity index (χ0n) is 9.16. The van der Waals surface area contributed by atoms with Gasteiger partial charge in [0.2, 0.25) is 0 Å². The second-order valence-electron chi connectivity index (χ2n) is 3.49. The van der Waals surface area contributed by atoms with Crippen LogP contribution in [0.15, 0.2) is 18.2 Å². The highest BCUT2D eigenvalue weighted by Gasteiger charge is 2.08. The highest BCUT2D eigenvalue weighted by Crippen LogP contribution is 2.20. The SMILES string of the molecule is CC(CNc1cc(Cl)ccc1C#N)S(C)=O. The van der Waals surface area contributed by atoms with Crippen LogP contribution in [-0.2, 0) is 10.8 Å². The average Bonchev–Trinajstić information content (AvgIpc) is 2.25. The van der Waals surface area contributed by atoms with Crippen LogP contribution in [0.25, 0.3) is 0 Å². The standard InChI is InChI=1S/C11H13ClN2OS/c1-8(16(2)15)7-14-11-5-10(12)4-3-9(11)6-13/h3-5,8,14H,7H2,1-2H3. The van der Waals surface area contributed by atoms with Gasteiger partial charge in [-0.25, -0.2) is 0 Å². The zero-order chi connectivity index (χ0) is 12.1. The summed E-state index contributed by atoms with van der Waals surface area (Å²) in [4.78, 5) is 0. The van der Waals surface area contributed by atoms with E-state index in [9.17, 15) is 4.21 Å². The number of anilines is 1. The lowest BCUT2D eigenvalue weighted by Gasteiger charge is -2.12. The van der Waals surface area contributed by atoms with Crippen molar-refractivity contribution >= 4 is 28.1 Å². The van der Waals surface area contributed by atoms with Crippen molar-refractivity contribution in [3.63, 3.8) is 0 Å². The van der Waals surface area contributed by atoms with Crippen LogP contribution in [0.3, 0.4) is 0 Å². The van der Waals surface area contributed by atoms with E-state index in [1.807, 2.05) is 6.92 Å². The largest absolute Gasteiger partial charge is 0.383 e. The Labute approximate surface area is 103 Å². The maximum Gasteiger partial charge on any atom is 0.101 e. The Balaban J connectivity index is 2.77. The molecular formula is C11H13ClN2OS. The molecule has 2 atom stereocenters. The van der Waals surface area contributed by atoms with Gasteiger partial charge in [-0.2, -0.15) is 5.26 Å². The van der Waals surface area contributed by atoms with Gasteiger partial charge < -0.3 is 5.32 Å². The predicted molar refractivity (Wildman–Crippen MR) is 68.2 cm³/mol. The van der Waals surface area contributed by atoms with E-state index in [2.05, 4.69) is 11.4 Å². The monoisotopic (exact) mass is 256 g/mol. The van der Waals surface area contributed by atoms with Crippen molar-refractivity contribution in [2.24, 2.45) is 0 Å². The summed E-state index contributed by atoms with van der Waals surface area (Å²) >= 11 is 5.84. The molecule has 1 aromatic rings. The van der Waals surface area contributed by atoms with Gasteiger partial charge >= 0.3 is 0 Å². The molecule has 3 nitrogen and oxygen atoms in total. The van der Waals surface area contributed by atoms with Gasteiger partial charge in [0.05, 0.1) is 11.3 Å². The molecule has 1 rings (SSSR count). The zero-order valence-corrected chi connectivity index (χ0v) is 10.7. The summed E-state index contributed by atoms with van der Waals surface area (Å²) < 4.78 is 11.2. The van der Waals surface area contributed by atoms with E-state index in [1.54, 1.807) is 24.5 Å². The van der Waals surface area contributed by atoms with Crippen LogP contribution in [0, 0.1) is 11.3 Å². The normalized spacial score (nSPS) is 13.9. The van der Waals surface area contributed by atoms with Crippen molar-refractivity contribution in [3.8, 4) is 6.07 Å². The Hall–Kier alpha value is -1.05. The van der Waals surface area contributed by atoms with Gasteiger partial charge in [0, 0.05) is 33.9 Å². The molecule has 0 aliphatic rings. The highest BCUT2D eigenvalue weighted by atomic mass is 35.5. The van der Waals surface area contributed by atoms with Gasteiger partial charge in [-0.15, -0.1) is 0 Å². The fourth-order valence-corrected chi connectivity index (χ4v) is 1.62. The Kier molecular flexibility index (Phi) is 4.78. The van der Waals surface area contributed by atoms with Gasteiger partial charge in [-0.1, -0.05) is 11.6 Å². The lowest BCUT2D eigenvalue weighted by molar-refractivity contribution is 0.679. The summed E-state index contributed by atoms with van der Waals surface area (Å²) in [5, 5.41) is 12.6. The lowest BCUT2D eigenvalue weighted by atomic mass is 10.2. The Bertz CT molecular complexity index is 442. The van der Waals surface area contributed by atoms with Crippen LogP contribution in [0.4, 0.5) is 5.69 Å². The molecule has 0 amide bonds. The number of benzene rings is 1. The third-order valence-electron chi connectivity index (χ3n) is 2.25. The number of rotatable bonds is 4. The molecule has 0 spiro atoms. The average molecular weight is 257 g/mol. The number of halogens is 1. The second kappa shape index (κ2) is 5.88. The number of hydrogen-bond acceptors (Lipinski definition) is 3. The summed E-state index contributed by atoms with van der Waals surface area (Å²) in [5.41, 5.74) is 1.23. The molecule has 0 heterocycles. The molecular weight excluding hydrogens is 244 g/mol. The molecule has 0 fully saturated rings. The molecule has 16 heavy (non-hydrogen) atoms. The van der Waals surface area contributed by atoms with E-state index in [0.717, 1.165) is 0 Å². The van der Waals surface area contributed by atoms with E-state index in [4.69, 9.17) is 16.9 Å². The molecule has 0 radical (unpaired) electrons. The van der Waals surface area contributed by atoms with Gasteiger partial charge in [0.25, 0.3) is 0 Å². The first-order chi connectivity index (χ1) is 7.54. The molecule has 0 aromatic heterocycles. The van der Waals surface area contributed by atoms with Crippen LogP contribution in [0.2, 0.25) is 5.02 Å². The third kappa shape index (κ3) is 3.51. The first-order valence-corrected chi connectivity index (χ1v) is 6.80. The Morgan fingerprint density at radius 2 is 2.31 bits per heavy atom. The van der Waals surface area contributed by atoms with Crippen LogP contribution in [0.1, 0.15) is 12.5 Å². The van der Waals surface area contributed by atoms with Crippen molar-refractivity contribution < 1.29 is 4.21 Å². The predicted octanol–water partition coefficient (Wildman–Crippen LogP) is 2.39. The number of hydrogen-bond donors (Lipinski definition) is 1. The molecule has 0 aliphatic heterocycles. The van der Waals surface area contributed by atoms with Crippen molar-refractivity contribution in [1.29, 1.82) is 5.26 Å². The molecule has 0 aliphatic carbocycles. The van der Waals surface area contributed by atoms with E-state index in [1.165, 1.54) is 0 Å². The third-order valence-corrected chi connectivity index (χ3v) is 3.78. The highest BCUT2D eigenvalue weighted by molar-refractivity contribution is 7.84. The van der Waals surface area contributed by atoms with Gasteiger partial charge in [0.1, 0.15) is 6.07 Å². The van der Waals surface area contributed by atoms with Crippen molar-refractivity contribution in [2.45, 2.75) is 12.2 Å². The molecule has 0 saturated heterocycles. The number of nitriles is 1. The minimum absolute atomic E-state index is 0.0329. The number of nitrogens with one attached hydrogen (secondary N) is 1. The van der Waals surface area contributed by atoms with Crippen LogP contribution >= 0.6 is 11.6 Å². The maximum atomic E-state index is 11.2. The summed E-state index contributed by atoms with van der Waals surface area (Å²) in [6.07, 6.45) is 1.66. The van der Waals surface area contributed by atoms with Crippen LogP contribution < -0.4 is 5.32 Å². The quantitative estimate of drug-likeness (QED) is 0.900. The molecule has 5 heteroatoms. The molecule has 2 unspecified atom stereocenters. The topological polar surface area (TPSA) is 52.9 Å². The van der Waals surface area contributed by atoms with Crippen LogP contribution in [-0.4, -0.2) is 22.3 Å².